The van der Waals surface area contributed by atoms with Gasteiger partial charge in [0, 0.05) is 6.42 Å². The van der Waals surface area contributed by atoms with Gasteiger partial charge in [0.05, 0.1) is 14.2 Å². The Morgan fingerprint density at radius 1 is 1.12 bits per heavy atom. The van der Waals surface area contributed by atoms with Crippen molar-refractivity contribution in [2.24, 2.45) is 0 Å². The SMILES string of the molecule is COC(=O)C(O)C/C=C/[C@H](NC(=O)OCc1ccccc1)C(=O)OC. The molecular formula is C17H21NO7. The van der Waals surface area contributed by atoms with Gasteiger partial charge >= 0.3 is 18.0 Å². The summed E-state index contributed by atoms with van der Waals surface area (Å²) in [4.78, 5) is 34.6. The second-order valence-corrected chi connectivity index (χ2v) is 4.91. The lowest BCUT2D eigenvalue weighted by molar-refractivity contribution is -0.150. The van der Waals surface area contributed by atoms with E-state index >= 15 is 0 Å². The van der Waals surface area contributed by atoms with Crippen LogP contribution in [0.5, 0.6) is 0 Å². The Balaban J connectivity index is 2.55. The fraction of sp³-hybridized carbons (Fsp3) is 0.353. The van der Waals surface area contributed by atoms with E-state index in [1.807, 2.05) is 18.2 Å². The molecule has 2 atom stereocenters. The van der Waals surface area contributed by atoms with Crippen LogP contribution >= 0.6 is 0 Å². The number of hydrogen-bond donors (Lipinski definition) is 2. The normalized spacial score (nSPS) is 12.9. The van der Waals surface area contributed by atoms with E-state index in [4.69, 9.17) is 4.74 Å². The fourth-order valence-electron chi connectivity index (χ4n) is 1.78. The number of ether oxygens (including phenoxy) is 3. The number of aliphatic hydroxyl groups excluding tert-OH is 1. The van der Waals surface area contributed by atoms with E-state index in [9.17, 15) is 19.5 Å². The minimum absolute atomic E-state index is 0.0470. The molecule has 0 saturated carbocycles. The molecule has 0 fully saturated rings. The Bertz CT molecular complexity index is 600. The summed E-state index contributed by atoms with van der Waals surface area (Å²) < 4.78 is 14.0. The number of esters is 2. The van der Waals surface area contributed by atoms with Crippen LogP contribution in [0.25, 0.3) is 0 Å². The molecule has 0 aliphatic carbocycles. The quantitative estimate of drug-likeness (QED) is 0.407. The highest BCUT2D eigenvalue weighted by atomic mass is 16.6. The Kier molecular flexibility index (Phi) is 8.73. The zero-order valence-electron chi connectivity index (χ0n) is 14.0. The van der Waals surface area contributed by atoms with Gasteiger partial charge < -0.3 is 24.6 Å². The number of carbonyl (C=O) groups excluding carboxylic acids is 3. The first-order chi connectivity index (χ1) is 12.0. The highest BCUT2D eigenvalue weighted by Gasteiger charge is 2.20. The van der Waals surface area contributed by atoms with Gasteiger partial charge in [0.1, 0.15) is 12.6 Å². The standard InChI is InChI=1S/C17H21NO7/c1-23-15(20)13(9-6-10-14(19)16(21)24-2)18-17(22)25-11-12-7-4-3-5-8-12/h3-9,13-14,19H,10-11H2,1-2H3,(H,18,22)/b9-6+/t13-,14?/m0/s1. The molecule has 0 aromatic heterocycles. The summed E-state index contributed by atoms with van der Waals surface area (Å²) in [5, 5.41) is 11.8. The largest absolute Gasteiger partial charge is 0.467 e. The van der Waals surface area contributed by atoms with Crippen molar-refractivity contribution in [3.8, 4) is 0 Å². The minimum atomic E-state index is -1.36. The van der Waals surface area contributed by atoms with Gasteiger partial charge in [-0.1, -0.05) is 42.5 Å². The predicted molar refractivity (Wildman–Crippen MR) is 87.3 cm³/mol. The summed E-state index contributed by atoms with van der Waals surface area (Å²) in [6, 6.07) is 7.92. The second kappa shape index (κ2) is 10.8. The molecule has 1 aromatic carbocycles. The third kappa shape index (κ3) is 7.49. The monoisotopic (exact) mass is 351 g/mol. The predicted octanol–water partition coefficient (Wildman–Crippen LogP) is 0.935. The van der Waals surface area contributed by atoms with Crippen LogP contribution in [0.4, 0.5) is 4.79 Å². The molecule has 1 amide bonds. The zero-order valence-corrected chi connectivity index (χ0v) is 14.0. The van der Waals surface area contributed by atoms with E-state index in [1.165, 1.54) is 19.3 Å². The number of rotatable bonds is 8. The van der Waals surface area contributed by atoms with Crippen molar-refractivity contribution in [3.63, 3.8) is 0 Å². The van der Waals surface area contributed by atoms with Gasteiger partial charge in [-0.25, -0.2) is 14.4 Å². The zero-order chi connectivity index (χ0) is 18.7. The molecule has 0 saturated heterocycles. The Morgan fingerprint density at radius 2 is 1.76 bits per heavy atom. The van der Waals surface area contributed by atoms with Crippen molar-refractivity contribution < 1.29 is 33.7 Å². The van der Waals surface area contributed by atoms with Crippen LogP contribution in [0, 0.1) is 0 Å². The number of hydrogen-bond acceptors (Lipinski definition) is 7. The lowest BCUT2D eigenvalue weighted by Crippen LogP contribution is -2.40. The Labute approximate surface area is 145 Å². The molecule has 25 heavy (non-hydrogen) atoms. The van der Waals surface area contributed by atoms with Gasteiger partial charge in [-0.2, -0.15) is 0 Å². The maximum atomic E-state index is 11.8. The summed E-state index contributed by atoms with van der Waals surface area (Å²) in [6.45, 7) is 0.0470. The van der Waals surface area contributed by atoms with E-state index in [0.29, 0.717) is 0 Å². The lowest BCUT2D eigenvalue weighted by atomic mass is 10.2. The molecular weight excluding hydrogens is 330 g/mol. The fourth-order valence-corrected chi connectivity index (χ4v) is 1.78. The van der Waals surface area contributed by atoms with Gasteiger partial charge in [-0.15, -0.1) is 0 Å². The van der Waals surface area contributed by atoms with Crippen LogP contribution in [-0.4, -0.2) is 49.5 Å². The van der Waals surface area contributed by atoms with E-state index < -0.39 is 30.2 Å². The van der Waals surface area contributed by atoms with E-state index in [2.05, 4.69) is 14.8 Å². The second-order valence-electron chi connectivity index (χ2n) is 4.91. The highest BCUT2D eigenvalue weighted by molar-refractivity contribution is 5.83. The van der Waals surface area contributed by atoms with Gasteiger partial charge in [0.15, 0.2) is 6.10 Å². The smallest absolute Gasteiger partial charge is 0.408 e. The summed E-state index contributed by atoms with van der Waals surface area (Å²) in [5.74, 6) is -1.52. The molecule has 0 aliphatic heterocycles. The van der Waals surface area contributed by atoms with Crippen molar-refractivity contribution in [2.45, 2.75) is 25.2 Å². The molecule has 8 heteroatoms. The van der Waals surface area contributed by atoms with Crippen LogP contribution in [0.2, 0.25) is 0 Å². The van der Waals surface area contributed by atoms with Gasteiger partial charge in [0.2, 0.25) is 0 Å². The number of alkyl carbamates (subject to hydrolysis) is 1. The van der Waals surface area contributed by atoms with Crippen LogP contribution in [0.1, 0.15) is 12.0 Å². The number of benzene rings is 1. The Hall–Kier alpha value is -2.87. The topological polar surface area (TPSA) is 111 Å². The summed E-state index contributed by atoms with van der Waals surface area (Å²) in [7, 11) is 2.32. The molecule has 136 valence electrons. The summed E-state index contributed by atoms with van der Waals surface area (Å²) >= 11 is 0. The molecule has 0 radical (unpaired) electrons. The van der Waals surface area contributed by atoms with E-state index in [-0.39, 0.29) is 13.0 Å². The lowest BCUT2D eigenvalue weighted by Gasteiger charge is -2.13. The summed E-state index contributed by atoms with van der Waals surface area (Å²) in [6.07, 6.45) is 0.408. The third-order valence-electron chi connectivity index (χ3n) is 3.10. The van der Waals surface area contributed by atoms with Crippen molar-refractivity contribution in [1.29, 1.82) is 0 Å². The maximum absolute atomic E-state index is 11.8. The number of methoxy groups -OCH3 is 2. The number of nitrogens with one attached hydrogen (secondary N) is 1. The van der Waals surface area contributed by atoms with E-state index in [1.54, 1.807) is 12.1 Å². The van der Waals surface area contributed by atoms with E-state index in [0.717, 1.165) is 12.7 Å². The molecule has 0 spiro atoms. The molecule has 8 nitrogen and oxygen atoms in total. The van der Waals surface area contributed by atoms with Gasteiger partial charge in [-0.05, 0) is 5.56 Å². The van der Waals surface area contributed by atoms with Crippen molar-refractivity contribution in [2.75, 3.05) is 14.2 Å². The summed E-state index contributed by atoms with van der Waals surface area (Å²) in [5.41, 5.74) is 0.795. The molecule has 1 rings (SSSR count). The molecule has 1 aromatic rings. The first kappa shape index (κ1) is 20.2. The molecule has 2 N–H and O–H groups in total. The molecule has 0 heterocycles. The van der Waals surface area contributed by atoms with Crippen LogP contribution in [-0.2, 0) is 30.4 Å². The highest BCUT2D eigenvalue weighted by Crippen LogP contribution is 2.02. The van der Waals surface area contributed by atoms with Gasteiger partial charge in [0.25, 0.3) is 0 Å². The Morgan fingerprint density at radius 3 is 2.36 bits per heavy atom. The van der Waals surface area contributed by atoms with Crippen molar-refractivity contribution in [1.82, 2.24) is 5.32 Å². The molecule has 0 aliphatic rings. The first-order valence-electron chi connectivity index (χ1n) is 7.45. The first-order valence-corrected chi connectivity index (χ1v) is 7.45. The number of aliphatic hydroxyl groups is 1. The maximum Gasteiger partial charge on any atom is 0.408 e. The van der Waals surface area contributed by atoms with Crippen molar-refractivity contribution in [3.05, 3.63) is 48.0 Å². The molecule has 0 bridgehead atoms. The minimum Gasteiger partial charge on any atom is -0.467 e. The van der Waals surface area contributed by atoms with Crippen LogP contribution in [0.3, 0.4) is 0 Å². The van der Waals surface area contributed by atoms with Crippen molar-refractivity contribution >= 4 is 18.0 Å². The molecule has 1 unspecified atom stereocenters. The third-order valence-corrected chi connectivity index (χ3v) is 3.10. The number of carbonyl (C=O) groups is 3. The van der Waals surface area contributed by atoms with Gasteiger partial charge in [-0.3, -0.25) is 0 Å². The average Bonchev–Trinajstić information content (AvgIpc) is 2.64. The number of amides is 1. The van der Waals surface area contributed by atoms with Crippen LogP contribution in [0.15, 0.2) is 42.5 Å². The van der Waals surface area contributed by atoms with Crippen LogP contribution < -0.4 is 5.32 Å². The average molecular weight is 351 g/mol.